The van der Waals surface area contributed by atoms with Crippen LogP contribution in [-0.2, 0) is 6.42 Å². The van der Waals surface area contributed by atoms with Gasteiger partial charge in [0, 0.05) is 31.9 Å². The molecular weight excluding hydrogens is 388 g/mol. The molecule has 1 aliphatic rings. The third-order valence-electron chi connectivity index (χ3n) is 4.70. The number of urea groups is 1. The molecule has 0 atom stereocenters. The van der Waals surface area contributed by atoms with E-state index >= 15 is 0 Å². The molecule has 0 bridgehead atoms. The Morgan fingerprint density at radius 3 is 2.62 bits per heavy atom. The van der Waals surface area contributed by atoms with Gasteiger partial charge in [0.15, 0.2) is 0 Å². The smallest absolute Gasteiger partial charge is 0.321 e. The molecule has 1 saturated heterocycles. The molecule has 3 rings (SSSR count). The van der Waals surface area contributed by atoms with E-state index in [9.17, 15) is 4.79 Å². The first-order valence-electron chi connectivity index (χ1n) is 9.73. The van der Waals surface area contributed by atoms with Crippen molar-refractivity contribution in [3.8, 4) is 11.8 Å². The van der Waals surface area contributed by atoms with Crippen LogP contribution < -0.4 is 15.4 Å². The summed E-state index contributed by atoms with van der Waals surface area (Å²) in [6.07, 6.45) is 2.93. The van der Waals surface area contributed by atoms with E-state index in [1.807, 2.05) is 29.2 Å². The second-order valence-electron chi connectivity index (χ2n) is 6.81. The molecule has 0 aliphatic carbocycles. The second-order valence-corrected chi connectivity index (χ2v) is 6.81. The highest BCUT2D eigenvalue weighted by Gasteiger charge is 2.15. The van der Waals surface area contributed by atoms with Crippen LogP contribution in [0.5, 0.6) is 5.75 Å². The minimum atomic E-state index is -0.0353. The highest BCUT2D eigenvalue weighted by Crippen LogP contribution is 2.15. The van der Waals surface area contributed by atoms with E-state index in [0.717, 1.165) is 56.9 Å². The summed E-state index contributed by atoms with van der Waals surface area (Å²) in [5.41, 5.74) is 2.68. The molecule has 0 saturated carbocycles. The second kappa shape index (κ2) is 11.9. The largest absolute Gasteiger partial charge is 0.494 e. The molecule has 6 nitrogen and oxygen atoms in total. The van der Waals surface area contributed by atoms with Crippen LogP contribution in [0.25, 0.3) is 0 Å². The summed E-state index contributed by atoms with van der Waals surface area (Å²) in [6, 6.07) is 17.3. The molecule has 2 N–H and O–H groups in total. The predicted molar refractivity (Wildman–Crippen MR) is 117 cm³/mol. The molecule has 1 aliphatic heterocycles. The van der Waals surface area contributed by atoms with E-state index in [4.69, 9.17) is 10.00 Å². The highest BCUT2D eigenvalue weighted by molar-refractivity contribution is 5.89. The number of rotatable bonds is 7. The van der Waals surface area contributed by atoms with Crippen molar-refractivity contribution >= 4 is 24.1 Å². The van der Waals surface area contributed by atoms with Gasteiger partial charge in [-0.1, -0.05) is 18.2 Å². The molecule has 0 radical (unpaired) electrons. The Balaban J connectivity index is 0.00000300. The Morgan fingerprint density at radius 2 is 1.90 bits per heavy atom. The summed E-state index contributed by atoms with van der Waals surface area (Å²) in [4.78, 5) is 14.0. The Morgan fingerprint density at radius 1 is 1.14 bits per heavy atom. The van der Waals surface area contributed by atoms with Crippen LogP contribution in [-0.4, -0.2) is 43.7 Å². The maximum atomic E-state index is 12.2. The number of nitriles is 1. The molecule has 1 heterocycles. The van der Waals surface area contributed by atoms with Crippen molar-refractivity contribution in [2.75, 3.05) is 38.1 Å². The number of ether oxygens (including phenoxy) is 1. The number of piperazine rings is 1. The number of halogens is 1. The molecule has 0 unspecified atom stereocenters. The zero-order valence-electron chi connectivity index (χ0n) is 16.4. The van der Waals surface area contributed by atoms with Crippen LogP contribution in [0.15, 0.2) is 48.5 Å². The topological polar surface area (TPSA) is 77.4 Å². The van der Waals surface area contributed by atoms with Crippen molar-refractivity contribution in [1.82, 2.24) is 10.2 Å². The zero-order chi connectivity index (χ0) is 19.6. The number of amides is 2. The van der Waals surface area contributed by atoms with Crippen LogP contribution in [0.3, 0.4) is 0 Å². The monoisotopic (exact) mass is 414 g/mol. The van der Waals surface area contributed by atoms with E-state index < -0.39 is 0 Å². The van der Waals surface area contributed by atoms with E-state index in [-0.39, 0.29) is 18.4 Å². The first-order valence-corrected chi connectivity index (χ1v) is 9.73. The number of hydrogen-bond acceptors (Lipinski definition) is 4. The van der Waals surface area contributed by atoms with Gasteiger partial charge in [-0.25, -0.2) is 4.79 Å². The standard InChI is InChI=1S/C22H26N4O2.ClH/c23-17-19-5-3-6-21(16-19)28-15-2-1-4-18-7-9-20(10-8-18)25-22(27)26-13-11-24-12-14-26;/h3,5-10,16,24H,1-2,4,11-15H2,(H,25,27);1H. The van der Waals surface area contributed by atoms with Gasteiger partial charge < -0.3 is 20.3 Å². The molecule has 7 heteroatoms. The van der Waals surface area contributed by atoms with Crippen molar-refractivity contribution < 1.29 is 9.53 Å². The van der Waals surface area contributed by atoms with E-state index in [1.54, 1.807) is 12.1 Å². The minimum Gasteiger partial charge on any atom is -0.494 e. The van der Waals surface area contributed by atoms with Gasteiger partial charge in [0.25, 0.3) is 0 Å². The fourth-order valence-corrected chi connectivity index (χ4v) is 3.10. The van der Waals surface area contributed by atoms with Gasteiger partial charge in [0.05, 0.1) is 18.2 Å². The number of benzene rings is 2. The number of carbonyl (C=O) groups is 1. The number of carbonyl (C=O) groups excluding carboxylic acids is 1. The van der Waals surface area contributed by atoms with Crippen LogP contribution >= 0.6 is 12.4 Å². The number of hydrogen-bond donors (Lipinski definition) is 2. The minimum absolute atomic E-state index is 0. The lowest BCUT2D eigenvalue weighted by molar-refractivity contribution is 0.204. The molecule has 2 aromatic carbocycles. The lowest BCUT2D eigenvalue weighted by Crippen LogP contribution is -2.48. The van der Waals surface area contributed by atoms with E-state index in [2.05, 4.69) is 28.8 Å². The molecule has 2 aromatic rings. The summed E-state index contributed by atoms with van der Waals surface area (Å²) in [5, 5.41) is 15.1. The molecular formula is C22H27ClN4O2. The number of unbranched alkanes of at least 4 members (excludes halogenated alkanes) is 1. The highest BCUT2D eigenvalue weighted by atomic mass is 35.5. The molecule has 154 valence electrons. The van der Waals surface area contributed by atoms with E-state index in [0.29, 0.717) is 12.2 Å². The third-order valence-corrected chi connectivity index (χ3v) is 4.70. The number of anilines is 1. The van der Waals surface area contributed by atoms with Crippen LogP contribution in [0, 0.1) is 11.3 Å². The summed E-state index contributed by atoms with van der Waals surface area (Å²) < 4.78 is 5.70. The van der Waals surface area contributed by atoms with Crippen molar-refractivity contribution in [3.63, 3.8) is 0 Å². The average molecular weight is 415 g/mol. The summed E-state index contributed by atoms with van der Waals surface area (Å²) in [7, 11) is 0. The Kier molecular flexibility index (Phi) is 9.29. The first kappa shape index (κ1) is 22.5. The third kappa shape index (κ3) is 7.30. The SMILES string of the molecule is Cl.N#Cc1cccc(OCCCCc2ccc(NC(=O)N3CCNCC3)cc2)c1. The molecule has 1 fully saturated rings. The first-order chi connectivity index (χ1) is 13.7. The van der Waals surface area contributed by atoms with Crippen LogP contribution in [0.4, 0.5) is 10.5 Å². The Bertz CT molecular complexity index is 814. The molecule has 0 aromatic heterocycles. The lowest BCUT2D eigenvalue weighted by Gasteiger charge is -2.27. The Labute approximate surface area is 178 Å². The quantitative estimate of drug-likeness (QED) is 0.675. The zero-order valence-corrected chi connectivity index (χ0v) is 17.2. The normalized spacial score (nSPS) is 13.1. The number of nitrogens with zero attached hydrogens (tertiary/aromatic N) is 2. The van der Waals surface area contributed by atoms with Gasteiger partial charge in [-0.15, -0.1) is 12.4 Å². The summed E-state index contributed by atoms with van der Waals surface area (Å²) >= 11 is 0. The summed E-state index contributed by atoms with van der Waals surface area (Å²) in [5.74, 6) is 0.739. The molecule has 0 spiro atoms. The molecule has 29 heavy (non-hydrogen) atoms. The average Bonchev–Trinajstić information content (AvgIpc) is 2.75. The fourth-order valence-electron chi connectivity index (χ4n) is 3.10. The van der Waals surface area contributed by atoms with Gasteiger partial charge in [-0.05, 0) is 55.2 Å². The number of aryl methyl sites for hydroxylation is 1. The lowest BCUT2D eigenvalue weighted by atomic mass is 10.1. The van der Waals surface area contributed by atoms with Crippen molar-refractivity contribution in [1.29, 1.82) is 5.26 Å². The van der Waals surface area contributed by atoms with Crippen molar-refractivity contribution in [2.24, 2.45) is 0 Å². The van der Waals surface area contributed by atoms with E-state index in [1.165, 1.54) is 5.56 Å². The van der Waals surface area contributed by atoms with Gasteiger partial charge >= 0.3 is 6.03 Å². The van der Waals surface area contributed by atoms with Gasteiger partial charge in [0.2, 0.25) is 0 Å². The number of nitrogens with one attached hydrogen (secondary N) is 2. The van der Waals surface area contributed by atoms with Crippen LogP contribution in [0.2, 0.25) is 0 Å². The van der Waals surface area contributed by atoms with Crippen molar-refractivity contribution in [2.45, 2.75) is 19.3 Å². The maximum Gasteiger partial charge on any atom is 0.321 e. The van der Waals surface area contributed by atoms with Gasteiger partial charge in [-0.2, -0.15) is 5.26 Å². The fraction of sp³-hybridized carbons (Fsp3) is 0.364. The van der Waals surface area contributed by atoms with Crippen LogP contribution in [0.1, 0.15) is 24.0 Å². The predicted octanol–water partition coefficient (Wildman–Crippen LogP) is 3.82. The van der Waals surface area contributed by atoms with Crippen molar-refractivity contribution in [3.05, 3.63) is 59.7 Å². The Hall–Kier alpha value is -2.75. The summed E-state index contributed by atoms with van der Waals surface area (Å²) in [6.45, 7) is 3.81. The maximum absolute atomic E-state index is 12.2. The van der Waals surface area contributed by atoms with Gasteiger partial charge in [-0.3, -0.25) is 0 Å². The molecule has 2 amide bonds. The van der Waals surface area contributed by atoms with Gasteiger partial charge in [0.1, 0.15) is 5.75 Å².